The highest BCUT2D eigenvalue weighted by molar-refractivity contribution is 5.95. The highest BCUT2D eigenvalue weighted by Gasteiger charge is 2.36. The van der Waals surface area contributed by atoms with Crippen molar-refractivity contribution in [3.63, 3.8) is 0 Å². The second-order valence-corrected chi connectivity index (χ2v) is 5.95. The van der Waals surface area contributed by atoms with E-state index in [1.807, 2.05) is 0 Å². The Hall–Kier alpha value is -3.42. The lowest BCUT2D eigenvalue weighted by Gasteiger charge is -2.30. The van der Waals surface area contributed by atoms with E-state index in [-0.39, 0.29) is 12.3 Å². The number of ether oxygens (including phenoxy) is 2. The molecule has 3 rings (SSSR count). The van der Waals surface area contributed by atoms with Crippen molar-refractivity contribution < 1.29 is 19.2 Å². The number of carbonyl (C=O) groups is 1. The molecule has 8 heteroatoms. The third-order valence-electron chi connectivity index (χ3n) is 4.36. The Morgan fingerprint density at radius 2 is 2.15 bits per heavy atom. The highest BCUT2D eigenvalue weighted by atomic mass is 16.6. The van der Waals surface area contributed by atoms with Gasteiger partial charge in [-0.05, 0) is 25.5 Å². The molecule has 0 amide bonds. The number of allylic oxidation sites excluding steroid dienone is 1. The summed E-state index contributed by atoms with van der Waals surface area (Å²) in [6, 6.07) is 7.97. The topological polar surface area (TPSA) is 104 Å². The minimum Gasteiger partial charge on any atom is -0.481 e. The van der Waals surface area contributed by atoms with Crippen molar-refractivity contribution in [3.05, 3.63) is 69.0 Å². The maximum absolute atomic E-state index is 12.7. The maximum atomic E-state index is 12.7. The molecule has 1 aliphatic rings. The highest BCUT2D eigenvalue weighted by Crippen LogP contribution is 2.46. The van der Waals surface area contributed by atoms with Crippen LogP contribution in [0, 0.1) is 10.1 Å². The summed E-state index contributed by atoms with van der Waals surface area (Å²) in [5.74, 6) is -0.759. The summed E-state index contributed by atoms with van der Waals surface area (Å²) in [4.78, 5) is 27.7. The maximum Gasteiger partial charge on any atom is 0.336 e. The number of nitro groups is 1. The van der Waals surface area contributed by atoms with Gasteiger partial charge in [0, 0.05) is 35.3 Å². The van der Waals surface area contributed by atoms with Crippen molar-refractivity contribution in [2.75, 3.05) is 19.0 Å². The summed E-state index contributed by atoms with van der Waals surface area (Å²) in [6.07, 6.45) is 1.60. The molecule has 1 atom stereocenters. The van der Waals surface area contributed by atoms with E-state index in [9.17, 15) is 14.9 Å². The van der Waals surface area contributed by atoms with Crippen LogP contribution in [0.5, 0.6) is 5.88 Å². The van der Waals surface area contributed by atoms with Crippen LogP contribution in [0.15, 0.2) is 47.8 Å². The molecule has 0 saturated carbocycles. The largest absolute Gasteiger partial charge is 0.481 e. The summed E-state index contributed by atoms with van der Waals surface area (Å²) in [6.45, 7) is 3.71. The number of nitrogens with one attached hydrogen (secondary N) is 1. The molecule has 1 aliphatic heterocycles. The lowest BCUT2D eigenvalue weighted by molar-refractivity contribution is -0.384. The van der Waals surface area contributed by atoms with E-state index in [1.54, 1.807) is 38.2 Å². The van der Waals surface area contributed by atoms with E-state index in [4.69, 9.17) is 9.47 Å². The number of anilines is 1. The molecule has 140 valence electrons. The van der Waals surface area contributed by atoms with Crippen molar-refractivity contribution in [3.8, 4) is 5.88 Å². The molecule has 1 aromatic heterocycles. The van der Waals surface area contributed by atoms with Crippen LogP contribution in [0.25, 0.3) is 0 Å². The van der Waals surface area contributed by atoms with Crippen LogP contribution in [-0.2, 0) is 9.53 Å². The number of nitrogens with zero attached hydrogens (tertiary/aromatic N) is 2. The number of nitro benzene ring substituents is 1. The second kappa shape index (κ2) is 7.45. The molecule has 0 radical (unpaired) electrons. The molecule has 0 fully saturated rings. The van der Waals surface area contributed by atoms with Crippen molar-refractivity contribution in [1.29, 1.82) is 0 Å². The fourth-order valence-electron chi connectivity index (χ4n) is 3.27. The Bertz CT molecular complexity index is 939. The minimum absolute atomic E-state index is 0.0590. The number of pyridine rings is 1. The van der Waals surface area contributed by atoms with Gasteiger partial charge in [0.1, 0.15) is 0 Å². The molecule has 0 bridgehead atoms. The van der Waals surface area contributed by atoms with E-state index in [0.717, 1.165) is 5.69 Å². The Labute approximate surface area is 156 Å². The molecule has 1 aromatic carbocycles. The number of rotatable bonds is 5. The Kier molecular flexibility index (Phi) is 5.07. The quantitative estimate of drug-likeness (QED) is 0.489. The van der Waals surface area contributed by atoms with Crippen LogP contribution in [0.3, 0.4) is 0 Å². The number of esters is 1. The van der Waals surface area contributed by atoms with Crippen molar-refractivity contribution in [2.24, 2.45) is 0 Å². The fourth-order valence-corrected chi connectivity index (χ4v) is 3.27. The monoisotopic (exact) mass is 369 g/mol. The van der Waals surface area contributed by atoms with Gasteiger partial charge >= 0.3 is 5.97 Å². The van der Waals surface area contributed by atoms with Gasteiger partial charge in [-0.3, -0.25) is 10.1 Å². The van der Waals surface area contributed by atoms with Crippen LogP contribution in [0.1, 0.15) is 30.9 Å². The van der Waals surface area contributed by atoms with E-state index >= 15 is 0 Å². The minimum atomic E-state index is -0.608. The van der Waals surface area contributed by atoms with Crippen LogP contribution < -0.4 is 10.1 Å². The third-order valence-corrected chi connectivity index (χ3v) is 4.36. The Morgan fingerprint density at radius 1 is 1.37 bits per heavy atom. The lowest BCUT2D eigenvalue weighted by atomic mass is 9.81. The number of carbonyl (C=O) groups excluding carboxylic acids is 1. The van der Waals surface area contributed by atoms with Crippen LogP contribution in [0.4, 0.5) is 11.4 Å². The predicted molar refractivity (Wildman–Crippen MR) is 98.7 cm³/mol. The summed E-state index contributed by atoms with van der Waals surface area (Å²) < 4.78 is 10.6. The molecule has 1 N–H and O–H groups in total. The van der Waals surface area contributed by atoms with E-state index in [1.165, 1.54) is 19.2 Å². The zero-order valence-corrected chi connectivity index (χ0v) is 15.2. The smallest absolute Gasteiger partial charge is 0.336 e. The molecular formula is C19H19N3O5. The van der Waals surface area contributed by atoms with Gasteiger partial charge in [0.2, 0.25) is 5.88 Å². The predicted octanol–water partition coefficient (Wildman–Crippen LogP) is 3.39. The van der Waals surface area contributed by atoms with Gasteiger partial charge in [-0.1, -0.05) is 12.1 Å². The second-order valence-electron chi connectivity index (χ2n) is 5.95. The van der Waals surface area contributed by atoms with Crippen LogP contribution in [-0.4, -0.2) is 29.6 Å². The Morgan fingerprint density at radius 3 is 2.81 bits per heavy atom. The molecule has 0 spiro atoms. The molecular weight excluding hydrogens is 350 g/mol. The van der Waals surface area contributed by atoms with Crippen LogP contribution >= 0.6 is 0 Å². The number of non-ortho nitro benzene ring substituents is 1. The van der Waals surface area contributed by atoms with Gasteiger partial charge in [0.05, 0.1) is 30.1 Å². The molecule has 27 heavy (non-hydrogen) atoms. The average molecular weight is 369 g/mol. The van der Waals surface area contributed by atoms with Gasteiger partial charge in [-0.15, -0.1) is 0 Å². The number of methoxy groups -OCH3 is 1. The summed E-state index contributed by atoms with van der Waals surface area (Å²) >= 11 is 0. The van der Waals surface area contributed by atoms with E-state index < -0.39 is 16.8 Å². The molecule has 8 nitrogen and oxygen atoms in total. The number of aromatic nitrogens is 1. The van der Waals surface area contributed by atoms with Gasteiger partial charge in [-0.25, -0.2) is 9.78 Å². The molecule has 1 unspecified atom stereocenters. The molecule has 2 heterocycles. The van der Waals surface area contributed by atoms with Crippen LogP contribution in [0.2, 0.25) is 0 Å². The standard InChI is InChI=1S/C19H19N3O5/c1-4-27-19(23)15-11(2)21-14-8-9-20-18(26-3)17(14)16(15)12-6-5-7-13(10-12)22(24)25/h5-10,16,21H,4H2,1-3H3. The zero-order valence-electron chi connectivity index (χ0n) is 15.2. The van der Waals surface area contributed by atoms with E-state index in [0.29, 0.717) is 28.3 Å². The molecule has 2 aromatic rings. The van der Waals surface area contributed by atoms with Gasteiger partial charge in [0.15, 0.2) is 0 Å². The first kappa shape index (κ1) is 18.4. The summed E-state index contributed by atoms with van der Waals surface area (Å²) in [7, 11) is 1.49. The van der Waals surface area contributed by atoms with Crippen molar-refractivity contribution in [1.82, 2.24) is 4.98 Å². The SMILES string of the molecule is CCOC(=O)C1=C(C)Nc2ccnc(OC)c2C1c1cccc([N+](=O)[O-])c1. The summed E-state index contributed by atoms with van der Waals surface area (Å²) in [5, 5.41) is 14.4. The molecule has 0 saturated heterocycles. The zero-order chi connectivity index (χ0) is 19.6. The first-order chi connectivity index (χ1) is 13.0. The van der Waals surface area contributed by atoms with Gasteiger partial charge in [-0.2, -0.15) is 0 Å². The summed E-state index contributed by atoms with van der Waals surface area (Å²) in [5.41, 5.74) is 2.87. The van der Waals surface area contributed by atoms with Crippen molar-refractivity contribution >= 4 is 17.3 Å². The number of fused-ring (bicyclic) bond motifs is 1. The first-order valence-electron chi connectivity index (χ1n) is 8.40. The first-order valence-corrected chi connectivity index (χ1v) is 8.40. The fraction of sp³-hybridized carbons (Fsp3) is 0.263. The van der Waals surface area contributed by atoms with Crippen molar-refractivity contribution in [2.45, 2.75) is 19.8 Å². The average Bonchev–Trinajstić information content (AvgIpc) is 2.66. The lowest BCUT2D eigenvalue weighted by Crippen LogP contribution is -2.25. The van der Waals surface area contributed by atoms with Gasteiger partial charge in [0.25, 0.3) is 5.69 Å². The Balaban J connectivity index is 2.27. The number of hydrogen-bond acceptors (Lipinski definition) is 7. The number of benzene rings is 1. The van der Waals surface area contributed by atoms with Gasteiger partial charge < -0.3 is 14.8 Å². The van der Waals surface area contributed by atoms with E-state index in [2.05, 4.69) is 10.3 Å². The normalized spacial score (nSPS) is 15.6. The number of hydrogen-bond donors (Lipinski definition) is 1. The third kappa shape index (κ3) is 3.33. The molecule has 0 aliphatic carbocycles.